The number of nitrogens with two attached hydrogens (primary N) is 1. The number of hydrogen-bond acceptors (Lipinski definition) is 7. The second-order valence-electron chi connectivity index (χ2n) is 12.3. The topological polar surface area (TPSA) is 93.8 Å². The van der Waals surface area contributed by atoms with Gasteiger partial charge in [-0.1, -0.05) is 18.2 Å². The number of aromatic nitrogens is 2. The van der Waals surface area contributed by atoms with Gasteiger partial charge in [0.15, 0.2) is 11.6 Å². The van der Waals surface area contributed by atoms with Crippen molar-refractivity contribution < 1.29 is 27.4 Å². The van der Waals surface area contributed by atoms with Crippen molar-refractivity contribution in [3.8, 4) is 22.6 Å². The summed E-state index contributed by atoms with van der Waals surface area (Å²) in [6.07, 6.45) is 1.32. The number of piperidine rings is 1. The lowest BCUT2D eigenvalue weighted by Crippen LogP contribution is -2.45. The van der Waals surface area contributed by atoms with Crippen LogP contribution in [0.15, 0.2) is 60.8 Å². The zero-order valence-electron chi connectivity index (χ0n) is 26.0. The molecule has 2 aliphatic heterocycles. The van der Waals surface area contributed by atoms with Crippen LogP contribution >= 0.6 is 0 Å². The van der Waals surface area contributed by atoms with Gasteiger partial charge in [-0.3, -0.25) is 4.79 Å². The summed E-state index contributed by atoms with van der Waals surface area (Å²) in [6, 6.07) is 15.6. The smallest absolute Gasteiger partial charge is 0.433 e. The first kappa shape index (κ1) is 31.6. The van der Waals surface area contributed by atoms with Crippen LogP contribution in [-0.2, 0) is 12.8 Å². The highest BCUT2D eigenvalue weighted by atomic mass is 19.4. The molecule has 4 aromatic rings. The van der Waals surface area contributed by atoms with E-state index in [1.54, 1.807) is 38.2 Å². The molecule has 2 N–H and O–H groups in total. The van der Waals surface area contributed by atoms with Crippen LogP contribution in [0.5, 0.6) is 11.5 Å². The maximum absolute atomic E-state index is 13.4. The number of amides is 1. The lowest BCUT2D eigenvalue weighted by molar-refractivity contribution is -0.141. The molecule has 0 bridgehead atoms. The average molecular weight is 634 g/mol. The average Bonchev–Trinajstić information content (AvgIpc) is 3.59. The number of rotatable bonds is 8. The van der Waals surface area contributed by atoms with Crippen LogP contribution in [0.4, 0.5) is 19.0 Å². The second kappa shape index (κ2) is 13.2. The molecule has 0 atom stereocenters. The van der Waals surface area contributed by atoms with E-state index < -0.39 is 11.9 Å². The van der Waals surface area contributed by atoms with Crippen LogP contribution in [0.2, 0.25) is 0 Å². The van der Waals surface area contributed by atoms with Gasteiger partial charge in [0.2, 0.25) is 0 Å². The number of anilines is 1. The van der Waals surface area contributed by atoms with Gasteiger partial charge in [-0.05, 0) is 94.1 Å². The maximum Gasteiger partial charge on any atom is 0.433 e. The molecule has 1 amide bonds. The molecule has 0 saturated carbocycles. The van der Waals surface area contributed by atoms with Gasteiger partial charge < -0.3 is 25.0 Å². The minimum absolute atomic E-state index is 0.0491. The Bertz CT molecular complexity index is 1700. The molecule has 2 aromatic carbocycles. The maximum atomic E-state index is 13.4. The third-order valence-electron chi connectivity index (χ3n) is 8.64. The van der Waals surface area contributed by atoms with Gasteiger partial charge in [0.25, 0.3) is 5.91 Å². The molecule has 0 radical (unpaired) electrons. The van der Waals surface area contributed by atoms with E-state index in [2.05, 4.69) is 14.9 Å². The van der Waals surface area contributed by atoms with Crippen LogP contribution < -0.4 is 15.2 Å². The zero-order chi connectivity index (χ0) is 32.4. The molecule has 2 aliphatic rings. The van der Waals surface area contributed by atoms with Gasteiger partial charge in [0.1, 0.15) is 18.1 Å². The van der Waals surface area contributed by atoms with Crippen LogP contribution in [0.1, 0.15) is 61.1 Å². The lowest BCUT2D eigenvalue weighted by Gasteiger charge is -2.36. The van der Waals surface area contributed by atoms with Crippen molar-refractivity contribution in [2.24, 2.45) is 0 Å². The highest BCUT2D eigenvalue weighted by molar-refractivity contribution is 5.94. The summed E-state index contributed by atoms with van der Waals surface area (Å²) in [6.45, 7) is 7.50. The predicted octanol–water partition coefficient (Wildman–Crippen LogP) is 6.96. The minimum Gasteiger partial charge on any atom is -0.490 e. The molecular weight excluding hydrogens is 595 g/mol. The van der Waals surface area contributed by atoms with Gasteiger partial charge in [-0.2, -0.15) is 13.2 Å². The molecule has 2 saturated heterocycles. The number of benzene rings is 2. The molecule has 0 spiro atoms. The SMILES string of the molecule is CC(C)Oc1cc(C(F)(F)F)nc2ccc(COc3cc(-c4ccc(C(=O)N5CCC(N6CCCC6)CC5)cc4)cnc3N)cc12. The molecule has 2 fully saturated rings. The monoisotopic (exact) mass is 633 g/mol. The third-order valence-corrected chi connectivity index (χ3v) is 8.64. The highest BCUT2D eigenvalue weighted by Crippen LogP contribution is 2.35. The van der Waals surface area contributed by atoms with Crippen LogP contribution in [-0.4, -0.2) is 64.0 Å². The van der Waals surface area contributed by atoms with E-state index in [0.29, 0.717) is 28.3 Å². The molecule has 46 heavy (non-hydrogen) atoms. The number of ether oxygens (including phenoxy) is 2. The number of alkyl halides is 3. The summed E-state index contributed by atoms with van der Waals surface area (Å²) in [7, 11) is 0. The van der Waals surface area contributed by atoms with E-state index in [0.717, 1.165) is 43.1 Å². The molecule has 6 rings (SSSR count). The lowest BCUT2D eigenvalue weighted by atomic mass is 10.0. The second-order valence-corrected chi connectivity index (χ2v) is 12.3. The molecule has 4 heterocycles. The normalized spacial score (nSPS) is 16.3. The van der Waals surface area contributed by atoms with Gasteiger partial charge >= 0.3 is 6.18 Å². The molecule has 242 valence electrons. The largest absolute Gasteiger partial charge is 0.490 e. The van der Waals surface area contributed by atoms with Gasteiger partial charge in [0.05, 0.1) is 11.6 Å². The fourth-order valence-electron chi connectivity index (χ4n) is 6.25. The Morgan fingerprint density at radius 3 is 2.35 bits per heavy atom. The van der Waals surface area contributed by atoms with Crippen molar-refractivity contribution >= 4 is 22.6 Å². The molecule has 8 nitrogen and oxygen atoms in total. The number of likely N-dealkylation sites (tertiary alicyclic amines) is 2. The van der Waals surface area contributed by atoms with Crippen LogP contribution in [0, 0.1) is 0 Å². The van der Waals surface area contributed by atoms with Gasteiger partial charge in [-0.15, -0.1) is 0 Å². The van der Waals surface area contributed by atoms with Crippen molar-refractivity contribution in [3.05, 3.63) is 77.6 Å². The first-order valence-electron chi connectivity index (χ1n) is 15.7. The fraction of sp³-hybridized carbons (Fsp3) is 0.400. The Balaban J connectivity index is 1.13. The van der Waals surface area contributed by atoms with Gasteiger partial charge in [0, 0.05) is 47.9 Å². The summed E-state index contributed by atoms with van der Waals surface area (Å²) in [5, 5.41) is 0.452. The Morgan fingerprint density at radius 1 is 0.957 bits per heavy atom. The molecule has 11 heteroatoms. The Hall–Kier alpha value is -4.38. The predicted molar refractivity (Wildman–Crippen MR) is 171 cm³/mol. The minimum atomic E-state index is -4.60. The first-order chi connectivity index (χ1) is 22.0. The van der Waals surface area contributed by atoms with Crippen molar-refractivity contribution in [1.82, 2.24) is 19.8 Å². The van der Waals surface area contributed by atoms with Gasteiger partial charge in [-0.25, -0.2) is 9.97 Å². The quantitative estimate of drug-likeness (QED) is 0.224. The number of carbonyl (C=O) groups excluding carboxylic acids is 1. The molecule has 2 aromatic heterocycles. The number of hydrogen-bond donors (Lipinski definition) is 1. The third kappa shape index (κ3) is 7.04. The van der Waals surface area contributed by atoms with E-state index in [4.69, 9.17) is 15.2 Å². The fourth-order valence-corrected chi connectivity index (χ4v) is 6.25. The summed E-state index contributed by atoms with van der Waals surface area (Å²) in [5.41, 5.74) is 8.26. The molecular formula is C35H38F3N5O3. The van der Waals surface area contributed by atoms with Crippen molar-refractivity contribution in [3.63, 3.8) is 0 Å². The Kier molecular flexibility index (Phi) is 9.04. The summed E-state index contributed by atoms with van der Waals surface area (Å²) < 4.78 is 52.0. The van der Waals surface area contributed by atoms with Crippen molar-refractivity contribution in [2.75, 3.05) is 31.9 Å². The molecule has 0 aliphatic carbocycles. The summed E-state index contributed by atoms with van der Waals surface area (Å²) in [4.78, 5) is 25.8. The summed E-state index contributed by atoms with van der Waals surface area (Å²) in [5.74, 6) is 0.718. The number of nitrogen functional groups attached to an aromatic ring is 1. The van der Waals surface area contributed by atoms with E-state index in [1.807, 2.05) is 29.2 Å². The Morgan fingerprint density at radius 2 is 1.67 bits per heavy atom. The number of fused-ring (bicyclic) bond motifs is 1. The van der Waals surface area contributed by atoms with E-state index in [-0.39, 0.29) is 35.7 Å². The van der Waals surface area contributed by atoms with E-state index in [1.165, 1.54) is 32.0 Å². The number of pyridine rings is 2. The molecule has 0 unspecified atom stereocenters. The Labute approximate surface area is 266 Å². The van der Waals surface area contributed by atoms with Crippen molar-refractivity contribution in [2.45, 2.75) is 64.5 Å². The standard InChI is InChI=1S/C35H38F3N5O3/c1-22(2)46-30-19-32(35(36,37)38)41-29-10-5-23(17-28(29)30)21-45-31-18-26(20-40-33(31)39)24-6-8-25(9-7-24)34(44)43-15-11-27(12-16-43)42-13-3-4-14-42/h5-10,17-20,22,27H,3-4,11-16,21H2,1-2H3,(H2,39,40). The highest BCUT2D eigenvalue weighted by Gasteiger charge is 2.34. The van der Waals surface area contributed by atoms with E-state index >= 15 is 0 Å². The van der Waals surface area contributed by atoms with Crippen molar-refractivity contribution in [1.29, 1.82) is 0 Å². The van der Waals surface area contributed by atoms with E-state index in [9.17, 15) is 18.0 Å². The zero-order valence-corrected chi connectivity index (χ0v) is 26.0. The number of nitrogens with zero attached hydrogens (tertiary/aromatic N) is 4. The van der Waals surface area contributed by atoms with Crippen LogP contribution in [0.25, 0.3) is 22.0 Å². The number of carbonyl (C=O) groups is 1. The summed E-state index contributed by atoms with van der Waals surface area (Å²) >= 11 is 0. The first-order valence-corrected chi connectivity index (χ1v) is 15.7. The van der Waals surface area contributed by atoms with Crippen LogP contribution in [0.3, 0.4) is 0 Å². The number of halogens is 3.